The van der Waals surface area contributed by atoms with Crippen LogP contribution in [0.2, 0.25) is 0 Å². The van der Waals surface area contributed by atoms with Crippen LogP contribution in [0.5, 0.6) is 5.75 Å². The van der Waals surface area contributed by atoms with E-state index in [0.29, 0.717) is 31.2 Å². The van der Waals surface area contributed by atoms with E-state index in [1.807, 2.05) is 19.1 Å². The molecule has 2 atom stereocenters. The Labute approximate surface area is 147 Å². The number of aryl methyl sites for hydroxylation is 1. The molecule has 2 N–H and O–H groups in total. The molecule has 0 amide bonds. The van der Waals surface area contributed by atoms with Crippen molar-refractivity contribution < 1.29 is 17.6 Å². The summed E-state index contributed by atoms with van der Waals surface area (Å²) in [5.41, 5.74) is 0.872. The molecule has 3 rings (SSSR count). The van der Waals surface area contributed by atoms with E-state index in [1.165, 1.54) is 0 Å². The number of aromatic nitrogens is 2. The quantitative estimate of drug-likeness (QED) is 0.757. The fourth-order valence-electron chi connectivity index (χ4n) is 2.72. The fourth-order valence-corrected chi connectivity index (χ4v) is 4.09. The molecule has 1 aromatic carbocycles. The van der Waals surface area contributed by atoms with Gasteiger partial charge in [0.2, 0.25) is 21.8 Å². The lowest BCUT2D eigenvalue weighted by molar-refractivity contribution is 0.405. The summed E-state index contributed by atoms with van der Waals surface area (Å²) in [6.45, 7) is 2.52. The lowest BCUT2D eigenvalue weighted by Gasteiger charge is -2.12. The van der Waals surface area contributed by atoms with E-state index in [0.717, 1.165) is 11.3 Å². The van der Waals surface area contributed by atoms with Crippen molar-refractivity contribution in [3.8, 4) is 5.75 Å². The molecule has 9 heteroatoms. The molecular weight excluding hydrogens is 344 g/mol. The molecule has 136 valence electrons. The van der Waals surface area contributed by atoms with Crippen molar-refractivity contribution in [3.05, 3.63) is 41.6 Å². The number of nitrogens with one attached hydrogen (secondary N) is 2. The van der Waals surface area contributed by atoms with Gasteiger partial charge in [0.05, 0.1) is 18.4 Å². The van der Waals surface area contributed by atoms with E-state index in [2.05, 4.69) is 20.2 Å². The summed E-state index contributed by atoms with van der Waals surface area (Å²) in [5, 5.41) is 10.5. The number of methoxy groups -OCH3 is 1. The first-order valence-corrected chi connectivity index (χ1v) is 9.73. The second kappa shape index (κ2) is 7.51. The summed E-state index contributed by atoms with van der Waals surface area (Å²) in [6.07, 6.45) is 1.06. The Kier molecular flexibility index (Phi) is 5.36. The first-order valence-electron chi connectivity index (χ1n) is 8.19. The minimum Gasteiger partial charge on any atom is -0.497 e. The van der Waals surface area contributed by atoms with Gasteiger partial charge in [0.25, 0.3) is 0 Å². The van der Waals surface area contributed by atoms with Crippen LogP contribution in [-0.4, -0.2) is 37.5 Å². The minimum absolute atomic E-state index is 0.227. The van der Waals surface area contributed by atoms with Crippen molar-refractivity contribution in [2.24, 2.45) is 0 Å². The van der Waals surface area contributed by atoms with Crippen LogP contribution >= 0.6 is 0 Å². The number of hydrogen-bond donors (Lipinski definition) is 2. The lowest BCUT2D eigenvalue weighted by Crippen LogP contribution is -2.35. The number of benzene rings is 1. The van der Waals surface area contributed by atoms with Crippen LogP contribution in [-0.2, 0) is 23.0 Å². The van der Waals surface area contributed by atoms with E-state index < -0.39 is 15.3 Å². The normalized spacial score (nSPS) is 20.7. The zero-order valence-electron chi connectivity index (χ0n) is 14.2. The highest BCUT2D eigenvalue weighted by Crippen LogP contribution is 2.26. The highest BCUT2D eigenvalue weighted by atomic mass is 32.2. The molecule has 1 aliphatic heterocycles. The summed E-state index contributed by atoms with van der Waals surface area (Å²) in [7, 11) is -1.86. The molecule has 1 saturated heterocycles. The summed E-state index contributed by atoms with van der Waals surface area (Å²) in [6, 6.07) is 7.05. The third kappa shape index (κ3) is 4.17. The molecule has 0 saturated carbocycles. The van der Waals surface area contributed by atoms with E-state index in [1.54, 1.807) is 19.2 Å². The van der Waals surface area contributed by atoms with Gasteiger partial charge in [-0.3, -0.25) is 0 Å². The van der Waals surface area contributed by atoms with E-state index in [9.17, 15) is 8.42 Å². The Hall–Kier alpha value is -1.97. The van der Waals surface area contributed by atoms with Crippen LogP contribution in [0.3, 0.4) is 0 Å². The van der Waals surface area contributed by atoms with Crippen LogP contribution in [0.4, 0.5) is 0 Å². The smallest absolute Gasteiger partial charge is 0.233 e. The van der Waals surface area contributed by atoms with Gasteiger partial charge in [-0.1, -0.05) is 19.1 Å². The highest BCUT2D eigenvalue weighted by molar-refractivity contribution is 7.90. The molecule has 2 heterocycles. The molecule has 2 unspecified atom stereocenters. The van der Waals surface area contributed by atoms with Crippen LogP contribution in [0.25, 0.3) is 0 Å². The number of ether oxygens (including phenoxy) is 1. The summed E-state index contributed by atoms with van der Waals surface area (Å²) < 4.78 is 38.3. The van der Waals surface area contributed by atoms with Crippen LogP contribution < -0.4 is 14.8 Å². The first kappa shape index (κ1) is 17.8. The maximum absolute atomic E-state index is 12.5. The SMILES string of the molecule is CCc1nnc(C2CC(S(=O)(=O)NCc3ccc(OC)cc3)CN2)o1. The molecule has 0 bridgehead atoms. The van der Waals surface area contributed by atoms with Crippen molar-refractivity contribution in [1.29, 1.82) is 0 Å². The molecule has 25 heavy (non-hydrogen) atoms. The molecule has 1 fully saturated rings. The molecular formula is C16H22N4O4S. The van der Waals surface area contributed by atoms with E-state index in [4.69, 9.17) is 9.15 Å². The lowest BCUT2D eigenvalue weighted by atomic mass is 10.2. The third-order valence-electron chi connectivity index (χ3n) is 4.25. The second-order valence-electron chi connectivity index (χ2n) is 5.92. The van der Waals surface area contributed by atoms with Gasteiger partial charge in [0, 0.05) is 19.5 Å². The molecule has 0 aliphatic carbocycles. The third-order valence-corrected chi connectivity index (χ3v) is 6.03. The molecule has 1 aliphatic rings. The van der Waals surface area contributed by atoms with Crippen LogP contribution in [0.15, 0.2) is 28.7 Å². The van der Waals surface area contributed by atoms with Crippen molar-refractivity contribution in [2.75, 3.05) is 13.7 Å². The largest absolute Gasteiger partial charge is 0.497 e. The van der Waals surface area contributed by atoms with Gasteiger partial charge >= 0.3 is 0 Å². The van der Waals surface area contributed by atoms with Gasteiger partial charge < -0.3 is 14.5 Å². The molecule has 8 nitrogen and oxygen atoms in total. The maximum Gasteiger partial charge on any atom is 0.233 e. The first-order chi connectivity index (χ1) is 12.0. The molecule has 1 aromatic heterocycles. The second-order valence-corrected chi connectivity index (χ2v) is 7.97. The Morgan fingerprint density at radius 3 is 2.72 bits per heavy atom. The van der Waals surface area contributed by atoms with E-state index >= 15 is 0 Å². The predicted molar refractivity (Wildman–Crippen MR) is 91.6 cm³/mol. The monoisotopic (exact) mass is 366 g/mol. The van der Waals surface area contributed by atoms with Gasteiger partial charge in [0.1, 0.15) is 5.75 Å². The summed E-state index contributed by atoms with van der Waals surface area (Å²) in [4.78, 5) is 0. The van der Waals surface area contributed by atoms with Crippen molar-refractivity contribution in [1.82, 2.24) is 20.2 Å². The van der Waals surface area contributed by atoms with Crippen molar-refractivity contribution in [3.63, 3.8) is 0 Å². The Balaban J connectivity index is 1.58. The van der Waals surface area contributed by atoms with Gasteiger partial charge in [-0.05, 0) is 24.1 Å². The maximum atomic E-state index is 12.5. The van der Waals surface area contributed by atoms with E-state index in [-0.39, 0.29) is 12.6 Å². The predicted octanol–water partition coefficient (Wildman–Crippen LogP) is 1.16. The highest BCUT2D eigenvalue weighted by Gasteiger charge is 2.36. The van der Waals surface area contributed by atoms with Gasteiger partial charge in [-0.2, -0.15) is 0 Å². The van der Waals surface area contributed by atoms with Crippen LogP contribution in [0.1, 0.15) is 36.7 Å². The van der Waals surface area contributed by atoms with Gasteiger partial charge in [0.15, 0.2) is 0 Å². The zero-order valence-corrected chi connectivity index (χ0v) is 15.0. The summed E-state index contributed by atoms with van der Waals surface area (Å²) in [5.74, 6) is 1.74. The number of hydrogen-bond acceptors (Lipinski definition) is 7. The Bertz CT molecular complexity index is 804. The number of rotatable bonds is 7. The summed E-state index contributed by atoms with van der Waals surface area (Å²) >= 11 is 0. The number of nitrogens with zero attached hydrogens (tertiary/aromatic N) is 2. The van der Waals surface area contributed by atoms with Crippen LogP contribution in [0, 0.1) is 0 Å². The van der Waals surface area contributed by atoms with Crippen molar-refractivity contribution >= 4 is 10.0 Å². The molecule has 0 spiro atoms. The molecule has 0 radical (unpaired) electrons. The molecule has 2 aromatic rings. The van der Waals surface area contributed by atoms with Crippen molar-refractivity contribution in [2.45, 2.75) is 37.6 Å². The number of sulfonamides is 1. The fraction of sp³-hybridized carbons (Fsp3) is 0.500. The standard InChI is InChI=1S/C16H22N4O4S/c1-3-15-19-20-16(24-15)14-8-13(10-17-14)25(21,22)18-9-11-4-6-12(23-2)7-5-11/h4-7,13-14,17-18H,3,8-10H2,1-2H3. The topological polar surface area (TPSA) is 106 Å². The minimum atomic E-state index is -3.45. The average Bonchev–Trinajstić information content (AvgIpc) is 3.29. The average molecular weight is 366 g/mol. The Morgan fingerprint density at radius 1 is 1.32 bits per heavy atom. The Morgan fingerprint density at radius 2 is 2.08 bits per heavy atom. The van der Waals surface area contributed by atoms with Gasteiger partial charge in [-0.15, -0.1) is 10.2 Å². The zero-order chi connectivity index (χ0) is 17.9. The van der Waals surface area contributed by atoms with Gasteiger partial charge in [-0.25, -0.2) is 13.1 Å².